The zero-order valence-corrected chi connectivity index (χ0v) is 8.74. The number of rotatable bonds is 3. The van der Waals surface area contributed by atoms with Crippen molar-refractivity contribution in [2.24, 2.45) is 0 Å². The van der Waals surface area contributed by atoms with E-state index in [1.165, 1.54) is 17.3 Å². The third-order valence-electron chi connectivity index (χ3n) is 1.80. The number of halogens is 1. The molecule has 0 bridgehead atoms. The second-order valence-corrected chi connectivity index (χ2v) is 3.10. The Morgan fingerprint density at radius 3 is 3.00 bits per heavy atom. The fraction of sp³-hybridized carbons (Fsp3) is 0.400. The van der Waals surface area contributed by atoms with Crippen molar-refractivity contribution in [3.63, 3.8) is 0 Å². The zero-order valence-electron chi connectivity index (χ0n) is 8.74. The van der Waals surface area contributed by atoms with Gasteiger partial charge in [-0.25, -0.2) is 9.18 Å². The molecule has 5 heteroatoms. The molecule has 0 unspecified atom stereocenters. The lowest BCUT2D eigenvalue weighted by Crippen LogP contribution is -2.30. The molecule has 1 heterocycles. The first-order chi connectivity index (χ1) is 7.15. The van der Waals surface area contributed by atoms with Gasteiger partial charge in [0.2, 0.25) is 0 Å². The standard InChI is InChI=1S/C10H13FN2O2/c1-3-6-13(2)10(14)15-9-7-12-5-4-8(9)11/h4-5,7H,3,6H2,1-2H3. The maximum absolute atomic E-state index is 13.1. The second-order valence-electron chi connectivity index (χ2n) is 3.10. The molecule has 0 spiro atoms. The number of ether oxygens (including phenoxy) is 1. The monoisotopic (exact) mass is 212 g/mol. The van der Waals surface area contributed by atoms with Gasteiger partial charge >= 0.3 is 6.09 Å². The van der Waals surface area contributed by atoms with Gasteiger partial charge < -0.3 is 9.64 Å². The Morgan fingerprint density at radius 1 is 1.67 bits per heavy atom. The van der Waals surface area contributed by atoms with Crippen LogP contribution in [0.4, 0.5) is 9.18 Å². The van der Waals surface area contributed by atoms with E-state index in [0.29, 0.717) is 6.54 Å². The molecule has 0 aromatic carbocycles. The molecular weight excluding hydrogens is 199 g/mol. The zero-order chi connectivity index (χ0) is 11.3. The van der Waals surface area contributed by atoms with Gasteiger partial charge in [-0.3, -0.25) is 4.98 Å². The summed E-state index contributed by atoms with van der Waals surface area (Å²) in [6.07, 6.45) is 2.71. The number of nitrogens with zero attached hydrogens (tertiary/aromatic N) is 2. The number of hydrogen-bond acceptors (Lipinski definition) is 3. The van der Waals surface area contributed by atoms with Crippen molar-refractivity contribution >= 4 is 6.09 Å². The Kier molecular flexibility index (Phi) is 4.03. The minimum Gasteiger partial charge on any atom is -0.405 e. The van der Waals surface area contributed by atoms with Gasteiger partial charge in [-0.2, -0.15) is 0 Å². The SMILES string of the molecule is CCCN(C)C(=O)Oc1cnccc1F. The molecule has 1 amide bonds. The first kappa shape index (κ1) is 11.4. The number of carbonyl (C=O) groups is 1. The molecule has 4 nitrogen and oxygen atoms in total. The molecule has 15 heavy (non-hydrogen) atoms. The molecule has 82 valence electrons. The van der Waals surface area contributed by atoms with Crippen molar-refractivity contribution in [1.82, 2.24) is 9.88 Å². The maximum Gasteiger partial charge on any atom is 0.415 e. The molecule has 1 aromatic heterocycles. The van der Waals surface area contributed by atoms with Gasteiger partial charge in [0.05, 0.1) is 6.20 Å². The van der Waals surface area contributed by atoms with Crippen LogP contribution < -0.4 is 4.74 Å². The first-order valence-corrected chi connectivity index (χ1v) is 4.67. The fourth-order valence-electron chi connectivity index (χ4n) is 1.04. The average molecular weight is 212 g/mol. The summed E-state index contributed by atoms with van der Waals surface area (Å²) < 4.78 is 17.9. The van der Waals surface area contributed by atoms with Crippen molar-refractivity contribution in [2.45, 2.75) is 13.3 Å². The van der Waals surface area contributed by atoms with Gasteiger partial charge in [0, 0.05) is 19.8 Å². The Hall–Kier alpha value is -1.65. The Morgan fingerprint density at radius 2 is 2.40 bits per heavy atom. The van der Waals surface area contributed by atoms with Crippen molar-refractivity contribution < 1.29 is 13.9 Å². The van der Waals surface area contributed by atoms with E-state index >= 15 is 0 Å². The van der Waals surface area contributed by atoms with Crippen LogP contribution in [0.5, 0.6) is 5.75 Å². The van der Waals surface area contributed by atoms with Crippen LogP contribution in [-0.4, -0.2) is 29.6 Å². The second kappa shape index (κ2) is 5.29. The van der Waals surface area contributed by atoms with Gasteiger partial charge in [0.1, 0.15) is 0 Å². The Labute approximate surface area is 87.7 Å². The smallest absolute Gasteiger partial charge is 0.405 e. The van der Waals surface area contributed by atoms with Crippen LogP contribution in [-0.2, 0) is 0 Å². The number of carbonyl (C=O) groups excluding carboxylic acids is 1. The molecule has 0 radical (unpaired) electrons. The predicted molar refractivity (Wildman–Crippen MR) is 53.1 cm³/mol. The van der Waals surface area contributed by atoms with Crippen LogP contribution >= 0.6 is 0 Å². The summed E-state index contributed by atoms with van der Waals surface area (Å²) >= 11 is 0. The molecule has 0 atom stereocenters. The highest BCUT2D eigenvalue weighted by atomic mass is 19.1. The van der Waals surface area contributed by atoms with Gasteiger partial charge in [-0.1, -0.05) is 6.92 Å². The van der Waals surface area contributed by atoms with Crippen LogP contribution in [0.25, 0.3) is 0 Å². The summed E-state index contributed by atoms with van der Waals surface area (Å²) in [5.41, 5.74) is 0. The molecule has 1 rings (SSSR count). The Balaban J connectivity index is 2.62. The van der Waals surface area contributed by atoms with Crippen molar-refractivity contribution in [3.05, 3.63) is 24.3 Å². The summed E-state index contributed by atoms with van der Waals surface area (Å²) in [6, 6.07) is 1.14. The Bertz CT molecular complexity index is 344. The fourth-order valence-corrected chi connectivity index (χ4v) is 1.04. The van der Waals surface area contributed by atoms with Crippen LogP contribution in [0.1, 0.15) is 13.3 Å². The van der Waals surface area contributed by atoms with E-state index < -0.39 is 11.9 Å². The normalized spacial score (nSPS) is 9.80. The largest absolute Gasteiger partial charge is 0.415 e. The van der Waals surface area contributed by atoms with Gasteiger partial charge in [0.25, 0.3) is 0 Å². The summed E-state index contributed by atoms with van der Waals surface area (Å²) in [7, 11) is 1.60. The van der Waals surface area contributed by atoms with E-state index in [2.05, 4.69) is 4.98 Å². The lowest BCUT2D eigenvalue weighted by atomic mass is 10.4. The number of aromatic nitrogens is 1. The molecule has 1 aromatic rings. The lowest BCUT2D eigenvalue weighted by Gasteiger charge is -2.15. The van der Waals surface area contributed by atoms with Crippen molar-refractivity contribution in [2.75, 3.05) is 13.6 Å². The highest BCUT2D eigenvalue weighted by Gasteiger charge is 2.12. The lowest BCUT2D eigenvalue weighted by molar-refractivity contribution is 0.161. The third-order valence-corrected chi connectivity index (χ3v) is 1.80. The topological polar surface area (TPSA) is 42.4 Å². The number of amides is 1. The quantitative estimate of drug-likeness (QED) is 0.770. The van der Waals surface area contributed by atoms with E-state index in [-0.39, 0.29) is 5.75 Å². The summed E-state index contributed by atoms with van der Waals surface area (Å²) in [5.74, 6) is -0.742. The molecule has 0 N–H and O–H groups in total. The van der Waals surface area contributed by atoms with E-state index in [1.807, 2.05) is 6.92 Å². The summed E-state index contributed by atoms with van der Waals surface area (Å²) in [5, 5.41) is 0. The van der Waals surface area contributed by atoms with Crippen molar-refractivity contribution in [1.29, 1.82) is 0 Å². The summed E-state index contributed by atoms with van der Waals surface area (Å²) in [6.45, 7) is 2.51. The van der Waals surface area contributed by atoms with E-state index in [4.69, 9.17) is 4.74 Å². The molecule has 0 aliphatic heterocycles. The van der Waals surface area contributed by atoms with Gasteiger partial charge in [-0.15, -0.1) is 0 Å². The molecular formula is C10H13FN2O2. The van der Waals surface area contributed by atoms with Crippen LogP contribution in [0, 0.1) is 5.82 Å². The molecule has 0 saturated heterocycles. The van der Waals surface area contributed by atoms with Crippen LogP contribution in [0.2, 0.25) is 0 Å². The number of pyridine rings is 1. The summed E-state index contributed by atoms with van der Waals surface area (Å²) in [4.78, 5) is 16.4. The van der Waals surface area contributed by atoms with E-state index in [1.54, 1.807) is 7.05 Å². The van der Waals surface area contributed by atoms with Crippen molar-refractivity contribution in [3.8, 4) is 5.75 Å². The minimum absolute atomic E-state index is 0.148. The first-order valence-electron chi connectivity index (χ1n) is 4.67. The highest BCUT2D eigenvalue weighted by molar-refractivity contribution is 5.70. The van der Waals surface area contributed by atoms with E-state index in [9.17, 15) is 9.18 Å². The molecule has 0 aliphatic carbocycles. The molecule has 0 fully saturated rings. The minimum atomic E-state index is -0.594. The molecule has 0 saturated carbocycles. The highest BCUT2D eigenvalue weighted by Crippen LogP contribution is 2.14. The van der Waals surface area contributed by atoms with E-state index in [0.717, 1.165) is 12.5 Å². The van der Waals surface area contributed by atoms with Gasteiger partial charge in [0.15, 0.2) is 11.6 Å². The van der Waals surface area contributed by atoms with Crippen LogP contribution in [0.15, 0.2) is 18.5 Å². The van der Waals surface area contributed by atoms with Gasteiger partial charge in [-0.05, 0) is 12.5 Å². The van der Waals surface area contributed by atoms with Crippen LogP contribution in [0.3, 0.4) is 0 Å². The maximum atomic E-state index is 13.1. The molecule has 0 aliphatic rings. The average Bonchev–Trinajstić information content (AvgIpc) is 2.21. The predicted octanol–water partition coefficient (Wildman–Crippen LogP) is 2.06. The number of hydrogen-bond donors (Lipinski definition) is 0. The third kappa shape index (κ3) is 3.19.